The molecule has 0 aromatic heterocycles. The molecule has 0 radical (unpaired) electrons. The zero-order chi connectivity index (χ0) is 24.8. The smallest absolute Gasteiger partial charge is 0.326 e. The predicted octanol–water partition coefficient (Wildman–Crippen LogP) is 4.10. The van der Waals surface area contributed by atoms with Crippen LogP contribution in [0.4, 0.5) is 21.9 Å². The number of urea groups is 1. The van der Waals surface area contributed by atoms with Gasteiger partial charge in [-0.25, -0.2) is 4.79 Å². The minimum atomic E-state index is -0.432. The third-order valence-corrected chi connectivity index (χ3v) is 5.59. The fourth-order valence-electron chi connectivity index (χ4n) is 3.93. The number of hydrogen-bond donors (Lipinski definition) is 2. The monoisotopic (exact) mass is 472 g/mol. The van der Waals surface area contributed by atoms with Gasteiger partial charge in [0.1, 0.15) is 18.8 Å². The van der Waals surface area contributed by atoms with Gasteiger partial charge in [-0.05, 0) is 55.8 Å². The number of amides is 4. The van der Waals surface area contributed by atoms with E-state index in [4.69, 9.17) is 4.74 Å². The van der Waals surface area contributed by atoms with Gasteiger partial charge in [-0.1, -0.05) is 42.0 Å². The number of benzene rings is 3. The number of carbonyl (C=O) groups excluding carboxylic acids is 3. The molecule has 3 aromatic carbocycles. The van der Waals surface area contributed by atoms with Crippen LogP contribution >= 0.6 is 0 Å². The number of nitrogens with zero attached hydrogens (tertiary/aromatic N) is 2. The molecule has 0 fully saturated rings. The number of ether oxygens (including phenoxy) is 1. The van der Waals surface area contributed by atoms with Crippen molar-refractivity contribution < 1.29 is 19.1 Å². The highest BCUT2D eigenvalue weighted by Gasteiger charge is 2.33. The van der Waals surface area contributed by atoms with E-state index in [1.165, 1.54) is 9.80 Å². The van der Waals surface area contributed by atoms with E-state index in [-0.39, 0.29) is 24.9 Å². The minimum Gasteiger partial charge on any atom is -0.494 e. The highest BCUT2D eigenvalue weighted by molar-refractivity contribution is 6.15. The van der Waals surface area contributed by atoms with E-state index in [0.29, 0.717) is 36.0 Å². The molecule has 1 aliphatic rings. The number of para-hydroxylation sites is 2. The lowest BCUT2D eigenvalue weighted by atomic mass is 10.1. The van der Waals surface area contributed by atoms with Crippen LogP contribution in [0.15, 0.2) is 72.8 Å². The van der Waals surface area contributed by atoms with Crippen molar-refractivity contribution in [1.82, 2.24) is 5.32 Å². The Kier molecular flexibility index (Phi) is 7.30. The Morgan fingerprint density at radius 1 is 0.971 bits per heavy atom. The van der Waals surface area contributed by atoms with Gasteiger partial charge >= 0.3 is 6.03 Å². The average molecular weight is 473 g/mol. The maximum absolute atomic E-state index is 13.0. The molecule has 180 valence electrons. The molecule has 4 amide bonds. The molecule has 8 nitrogen and oxygen atoms in total. The van der Waals surface area contributed by atoms with Crippen molar-refractivity contribution in [1.29, 1.82) is 0 Å². The lowest BCUT2D eigenvalue weighted by Gasteiger charge is -2.35. The second kappa shape index (κ2) is 10.7. The Hall–Kier alpha value is -4.33. The maximum atomic E-state index is 13.0. The van der Waals surface area contributed by atoms with Crippen molar-refractivity contribution in [2.45, 2.75) is 20.4 Å². The number of anilines is 3. The number of nitrogens with one attached hydrogen (secondary N) is 2. The summed E-state index contributed by atoms with van der Waals surface area (Å²) in [6.07, 6.45) is 0. The van der Waals surface area contributed by atoms with Crippen LogP contribution < -0.4 is 25.2 Å². The lowest BCUT2D eigenvalue weighted by Crippen LogP contribution is -2.51. The Morgan fingerprint density at radius 3 is 2.43 bits per heavy atom. The van der Waals surface area contributed by atoms with Crippen LogP contribution in [-0.2, 0) is 16.1 Å². The summed E-state index contributed by atoms with van der Waals surface area (Å²) in [7, 11) is 0. The molecular formula is C27H28N4O4. The molecule has 0 saturated heterocycles. The molecule has 2 N–H and O–H groups in total. The highest BCUT2D eigenvalue weighted by atomic mass is 16.5. The maximum Gasteiger partial charge on any atom is 0.326 e. The zero-order valence-electron chi connectivity index (χ0n) is 19.8. The van der Waals surface area contributed by atoms with Crippen molar-refractivity contribution in [3.63, 3.8) is 0 Å². The first-order valence-electron chi connectivity index (χ1n) is 11.5. The summed E-state index contributed by atoms with van der Waals surface area (Å²) in [4.78, 5) is 41.5. The zero-order valence-corrected chi connectivity index (χ0v) is 19.8. The Balaban J connectivity index is 1.45. The van der Waals surface area contributed by atoms with Gasteiger partial charge in [-0.15, -0.1) is 0 Å². The number of aryl methyl sites for hydroxylation is 1. The van der Waals surface area contributed by atoms with E-state index in [9.17, 15) is 14.4 Å². The first kappa shape index (κ1) is 23.8. The van der Waals surface area contributed by atoms with Crippen LogP contribution in [0.5, 0.6) is 5.75 Å². The van der Waals surface area contributed by atoms with E-state index in [1.54, 1.807) is 48.5 Å². The highest BCUT2D eigenvalue weighted by Crippen LogP contribution is 2.33. The van der Waals surface area contributed by atoms with Gasteiger partial charge in [0.25, 0.3) is 0 Å². The second-order valence-corrected chi connectivity index (χ2v) is 8.21. The Morgan fingerprint density at radius 2 is 1.71 bits per heavy atom. The summed E-state index contributed by atoms with van der Waals surface area (Å²) in [6, 6.07) is 21.5. The summed E-state index contributed by atoms with van der Waals surface area (Å²) < 4.78 is 5.43. The van der Waals surface area contributed by atoms with Crippen LogP contribution in [0.3, 0.4) is 0 Å². The SMILES string of the molecule is CCOc1ccc(NC(=O)N2CC(=O)N(CC(=O)NCc3cccc(C)c3)c3ccccc32)cc1. The molecule has 3 aromatic rings. The van der Waals surface area contributed by atoms with Crippen molar-refractivity contribution in [3.8, 4) is 5.75 Å². The van der Waals surface area contributed by atoms with Crippen molar-refractivity contribution in [2.75, 3.05) is 34.8 Å². The summed E-state index contributed by atoms with van der Waals surface area (Å²) in [5, 5.41) is 5.69. The van der Waals surface area contributed by atoms with Gasteiger partial charge < -0.3 is 15.4 Å². The molecule has 1 aliphatic heterocycles. The van der Waals surface area contributed by atoms with Gasteiger partial charge in [-0.2, -0.15) is 0 Å². The molecule has 0 saturated carbocycles. The quantitative estimate of drug-likeness (QED) is 0.542. The van der Waals surface area contributed by atoms with Crippen molar-refractivity contribution in [3.05, 3.63) is 83.9 Å². The number of carbonyl (C=O) groups is 3. The van der Waals surface area contributed by atoms with Crippen LogP contribution in [0, 0.1) is 6.92 Å². The van der Waals surface area contributed by atoms with Gasteiger partial charge in [0.2, 0.25) is 11.8 Å². The van der Waals surface area contributed by atoms with Crippen LogP contribution in [0.2, 0.25) is 0 Å². The van der Waals surface area contributed by atoms with E-state index < -0.39 is 6.03 Å². The van der Waals surface area contributed by atoms with E-state index in [1.807, 2.05) is 38.1 Å². The van der Waals surface area contributed by atoms with Gasteiger partial charge in [0.15, 0.2) is 0 Å². The Bertz CT molecular complexity index is 1230. The number of hydrogen-bond acceptors (Lipinski definition) is 4. The largest absolute Gasteiger partial charge is 0.494 e. The van der Waals surface area contributed by atoms with Crippen LogP contribution in [-0.4, -0.2) is 37.5 Å². The molecule has 0 spiro atoms. The summed E-state index contributed by atoms with van der Waals surface area (Å²) >= 11 is 0. The van der Waals surface area contributed by atoms with Gasteiger partial charge in [-0.3, -0.25) is 19.4 Å². The van der Waals surface area contributed by atoms with Crippen LogP contribution in [0.25, 0.3) is 0 Å². The summed E-state index contributed by atoms with van der Waals surface area (Å²) in [6.45, 7) is 4.52. The molecule has 1 heterocycles. The first-order valence-corrected chi connectivity index (χ1v) is 11.5. The molecule has 0 unspecified atom stereocenters. The summed E-state index contributed by atoms with van der Waals surface area (Å²) in [5.41, 5.74) is 3.75. The number of rotatable bonds is 7. The lowest BCUT2D eigenvalue weighted by molar-refractivity contribution is -0.123. The fourth-order valence-corrected chi connectivity index (χ4v) is 3.93. The molecule has 8 heteroatoms. The van der Waals surface area contributed by atoms with Gasteiger partial charge in [0, 0.05) is 12.2 Å². The summed E-state index contributed by atoms with van der Waals surface area (Å²) in [5.74, 6) is 0.0958. The predicted molar refractivity (Wildman–Crippen MR) is 136 cm³/mol. The topological polar surface area (TPSA) is 91.0 Å². The normalized spacial score (nSPS) is 12.7. The molecule has 4 rings (SSSR count). The fraction of sp³-hybridized carbons (Fsp3) is 0.222. The molecule has 35 heavy (non-hydrogen) atoms. The molecule has 0 atom stereocenters. The van der Waals surface area contributed by atoms with E-state index >= 15 is 0 Å². The van der Waals surface area contributed by atoms with E-state index in [0.717, 1.165) is 11.1 Å². The molecular weight excluding hydrogens is 444 g/mol. The average Bonchev–Trinajstić information content (AvgIpc) is 2.85. The first-order chi connectivity index (χ1) is 16.9. The standard InChI is InChI=1S/C27H28N4O4/c1-3-35-22-13-11-21(12-14-22)29-27(34)31-18-26(33)30(23-9-4-5-10-24(23)31)17-25(32)28-16-20-8-6-7-19(2)15-20/h4-15H,3,16-18H2,1-2H3,(H,28,32)(H,29,34). The molecule has 0 aliphatic carbocycles. The van der Waals surface area contributed by atoms with Crippen molar-refractivity contribution in [2.24, 2.45) is 0 Å². The minimum absolute atomic E-state index is 0.129. The van der Waals surface area contributed by atoms with E-state index in [2.05, 4.69) is 10.6 Å². The number of fused-ring (bicyclic) bond motifs is 1. The Labute approximate surface area is 204 Å². The van der Waals surface area contributed by atoms with Crippen LogP contribution in [0.1, 0.15) is 18.1 Å². The van der Waals surface area contributed by atoms with Crippen molar-refractivity contribution >= 4 is 34.9 Å². The second-order valence-electron chi connectivity index (χ2n) is 8.21. The third-order valence-electron chi connectivity index (χ3n) is 5.59. The van der Waals surface area contributed by atoms with Gasteiger partial charge in [0.05, 0.1) is 18.0 Å². The third kappa shape index (κ3) is 5.78. The molecule has 0 bridgehead atoms.